The lowest BCUT2D eigenvalue weighted by Crippen LogP contribution is -2.50. The lowest BCUT2D eigenvalue weighted by molar-refractivity contribution is -0.173. The fourth-order valence-electron chi connectivity index (χ4n) is 0.753. The van der Waals surface area contributed by atoms with Crippen LogP contribution in [0.15, 0.2) is 0 Å². The minimum atomic E-state index is -3.61. The lowest BCUT2D eigenvalue weighted by Gasteiger charge is -2.25. The Bertz CT molecular complexity index is 288. The first-order valence-electron chi connectivity index (χ1n) is 4.35. The Hall–Kier alpha value is -0.780. The summed E-state index contributed by atoms with van der Waals surface area (Å²) < 4.78 is 42.3. The number of esters is 1. The van der Waals surface area contributed by atoms with Crippen molar-refractivity contribution < 1.29 is 27.5 Å². The summed E-state index contributed by atoms with van der Waals surface area (Å²) in [4.78, 5) is 22.0. The molecule has 94 valence electrons. The second-order valence-corrected chi connectivity index (χ2v) is 4.37. The van der Waals surface area contributed by atoms with Crippen LogP contribution < -0.4 is 0 Å². The largest absolute Gasteiger partial charge is 0.457 e. The van der Waals surface area contributed by atoms with Gasteiger partial charge in [0.2, 0.25) is 5.78 Å². The van der Waals surface area contributed by atoms with Gasteiger partial charge in [0.05, 0.1) is 5.88 Å². The van der Waals surface area contributed by atoms with Gasteiger partial charge in [-0.3, -0.25) is 4.79 Å². The lowest BCUT2D eigenvalue weighted by atomic mass is 10.0. The van der Waals surface area contributed by atoms with Gasteiger partial charge in [0, 0.05) is 0 Å². The molecule has 0 spiro atoms. The fourth-order valence-corrected chi connectivity index (χ4v) is 0.994. The zero-order valence-corrected chi connectivity index (χ0v) is 9.78. The van der Waals surface area contributed by atoms with Crippen molar-refractivity contribution in [1.82, 2.24) is 0 Å². The quantitative estimate of drug-likeness (QED) is 0.442. The highest BCUT2D eigenvalue weighted by atomic mass is 35.5. The molecule has 0 radical (unpaired) electrons. The van der Waals surface area contributed by atoms with Gasteiger partial charge in [0.25, 0.3) is 12.1 Å². The predicted octanol–water partition coefficient (Wildman–Crippen LogP) is 2.11. The molecule has 7 heteroatoms. The zero-order valence-electron chi connectivity index (χ0n) is 9.02. The standard InChI is InChI=1S/C9H12ClF3O3/c1-8(2,3)16-7(15)9(13,4-10)5(14)6(11)12/h6H,4H2,1-3H3. The van der Waals surface area contributed by atoms with Crippen LogP contribution >= 0.6 is 11.6 Å². The molecule has 0 aliphatic rings. The van der Waals surface area contributed by atoms with Gasteiger partial charge in [-0.2, -0.15) is 0 Å². The van der Waals surface area contributed by atoms with Crippen molar-refractivity contribution >= 4 is 23.4 Å². The summed E-state index contributed by atoms with van der Waals surface area (Å²) >= 11 is 5.04. The van der Waals surface area contributed by atoms with Gasteiger partial charge in [-0.1, -0.05) is 0 Å². The molecule has 16 heavy (non-hydrogen) atoms. The molecule has 0 aliphatic heterocycles. The van der Waals surface area contributed by atoms with Crippen LogP contribution in [0.3, 0.4) is 0 Å². The van der Waals surface area contributed by atoms with Crippen LogP contribution in [0.25, 0.3) is 0 Å². The molecule has 1 unspecified atom stereocenters. The molecule has 0 N–H and O–H groups in total. The molecular weight excluding hydrogens is 249 g/mol. The summed E-state index contributed by atoms with van der Waals surface area (Å²) in [6.07, 6.45) is -3.61. The molecule has 0 saturated carbocycles. The Balaban J connectivity index is 4.97. The van der Waals surface area contributed by atoms with Crippen LogP contribution in [-0.4, -0.2) is 35.3 Å². The number of ketones is 1. The first kappa shape index (κ1) is 15.2. The highest BCUT2D eigenvalue weighted by Crippen LogP contribution is 2.23. The Kier molecular flexibility index (Phi) is 4.79. The maximum Gasteiger partial charge on any atom is 0.353 e. The van der Waals surface area contributed by atoms with Crippen LogP contribution in [0, 0.1) is 0 Å². The van der Waals surface area contributed by atoms with E-state index in [0.717, 1.165) is 0 Å². The van der Waals surface area contributed by atoms with Crippen molar-refractivity contribution in [2.75, 3.05) is 5.88 Å². The summed E-state index contributed by atoms with van der Waals surface area (Å²) in [6, 6.07) is 0. The third-order valence-electron chi connectivity index (χ3n) is 1.50. The van der Waals surface area contributed by atoms with Gasteiger partial charge in [-0.05, 0) is 20.8 Å². The fraction of sp³-hybridized carbons (Fsp3) is 0.778. The van der Waals surface area contributed by atoms with E-state index in [9.17, 15) is 22.8 Å². The predicted molar refractivity (Wildman–Crippen MR) is 51.4 cm³/mol. The Morgan fingerprint density at radius 2 is 1.75 bits per heavy atom. The molecule has 0 aromatic carbocycles. The molecule has 0 fully saturated rings. The van der Waals surface area contributed by atoms with Crippen molar-refractivity contribution in [3.63, 3.8) is 0 Å². The molecule has 0 saturated heterocycles. The van der Waals surface area contributed by atoms with E-state index in [0.29, 0.717) is 0 Å². The number of carbonyl (C=O) groups is 2. The minimum Gasteiger partial charge on any atom is -0.457 e. The number of carbonyl (C=O) groups excluding carboxylic acids is 2. The highest BCUT2D eigenvalue weighted by Gasteiger charge is 2.52. The maximum atomic E-state index is 13.7. The van der Waals surface area contributed by atoms with Gasteiger partial charge in [-0.15, -0.1) is 11.6 Å². The normalized spacial score (nSPS) is 15.8. The molecule has 0 heterocycles. The second-order valence-electron chi connectivity index (χ2n) is 4.10. The van der Waals surface area contributed by atoms with Crippen LogP contribution in [0.2, 0.25) is 0 Å². The maximum absolute atomic E-state index is 13.7. The van der Waals surface area contributed by atoms with E-state index < -0.39 is 35.3 Å². The Morgan fingerprint density at radius 3 is 2.00 bits per heavy atom. The summed E-state index contributed by atoms with van der Waals surface area (Å²) in [5.74, 6) is -5.08. The van der Waals surface area contributed by atoms with Crippen molar-refractivity contribution in [1.29, 1.82) is 0 Å². The zero-order chi connectivity index (χ0) is 13.1. The number of hydrogen-bond donors (Lipinski definition) is 0. The number of ether oxygens (including phenoxy) is 1. The number of Topliss-reactive ketones (excluding diaryl/α,β-unsaturated/α-hetero) is 1. The van der Waals surface area contributed by atoms with E-state index in [2.05, 4.69) is 4.74 Å². The van der Waals surface area contributed by atoms with Gasteiger partial charge < -0.3 is 4.74 Å². The third kappa shape index (κ3) is 3.66. The third-order valence-corrected chi connectivity index (χ3v) is 1.86. The summed E-state index contributed by atoms with van der Waals surface area (Å²) in [5, 5.41) is 0. The molecule has 0 aromatic rings. The second kappa shape index (κ2) is 5.03. The molecule has 0 rings (SSSR count). The molecule has 1 atom stereocenters. The van der Waals surface area contributed by atoms with Crippen LogP contribution in [-0.2, 0) is 14.3 Å². The van der Waals surface area contributed by atoms with Gasteiger partial charge in [-0.25, -0.2) is 18.0 Å². The topological polar surface area (TPSA) is 43.4 Å². The van der Waals surface area contributed by atoms with Gasteiger partial charge in [0.15, 0.2) is 0 Å². The summed E-state index contributed by atoms with van der Waals surface area (Å²) in [7, 11) is 0. The number of alkyl halides is 4. The Morgan fingerprint density at radius 1 is 1.31 bits per heavy atom. The molecule has 3 nitrogen and oxygen atoms in total. The monoisotopic (exact) mass is 260 g/mol. The van der Waals surface area contributed by atoms with Crippen molar-refractivity contribution in [3.05, 3.63) is 0 Å². The van der Waals surface area contributed by atoms with Crippen molar-refractivity contribution in [2.24, 2.45) is 0 Å². The average Bonchev–Trinajstić information content (AvgIpc) is 2.12. The minimum absolute atomic E-state index is 1.09. The van der Waals surface area contributed by atoms with Crippen molar-refractivity contribution in [3.8, 4) is 0 Å². The van der Waals surface area contributed by atoms with Crippen LogP contribution in [0.1, 0.15) is 20.8 Å². The van der Waals surface area contributed by atoms with Crippen molar-refractivity contribution in [2.45, 2.75) is 38.5 Å². The van der Waals surface area contributed by atoms with E-state index in [1.54, 1.807) is 0 Å². The number of hydrogen-bond acceptors (Lipinski definition) is 3. The van der Waals surface area contributed by atoms with Gasteiger partial charge >= 0.3 is 5.97 Å². The van der Waals surface area contributed by atoms with Gasteiger partial charge in [0.1, 0.15) is 5.60 Å². The number of halogens is 4. The average molecular weight is 261 g/mol. The molecule has 0 aliphatic carbocycles. The Labute approximate surface area is 95.9 Å². The van der Waals surface area contributed by atoms with E-state index in [1.807, 2.05) is 0 Å². The SMILES string of the molecule is CC(C)(C)OC(=O)C(F)(CCl)C(=O)C(F)F. The number of rotatable bonds is 4. The van der Waals surface area contributed by atoms with E-state index in [-0.39, 0.29) is 0 Å². The van der Waals surface area contributed by atoms with Crippen LogP contribution in [0.5, 0.6) is 0 Å². The molecule has 0 bridgehead atoms. The van der Waals surface area contributed by atoms with E-state index in [1.165, 1.54) is 20.8 Å². The highest BCUT2D eigenvalue weighted by molar-refractivity contribution is 6.25. The summed E-state index contributed by atoms with van der Waals surface area (Å²) in [5.41, 5.74) is -4.59. The molecule has 0 amide bonds. The molecule has 0 aromatic heterocycles. The first-order chi connectivity index (χ1) is 7.04. The smallest absolute Gasteiger partial charge is 0.353 e. The van der Waals surface area contributed by atoms with E-state index >= 15 is 0 Å². The van der Waals surface area contributed by atoms with E-state index in [4.69, 9.17) is 11.6 Å². The van der Waals surface area contributed by atoms with Crippen LogP contribution in [0.4, 0.5) is 13.2 Å². The first-order valence-corrected chi connectivity index (χ1v) is 4.89. The molecular formula is C9H12ClF3O3. The summed E-state index contributed by atoms with van der Waals surface area (Å²) in [6.45, 7) is 4.23.